The van der Waals surface area contributed by atoms with Crippen LogP contribution in [0.4, 0.5) is 0 Å². The van der Waals surface area contributed by atoms with Crippen LogP contribution in [0.2, 0.25) is 0 Å². The van der Waals surface area contributed by atoms with Gasteiger partial charge in [0, 0.05) is 11.5 Å². The maximum Gasteiger partial charge on any atom is 0.0559 e. The van der Waals surface area contributed by atoms with Crippen LogP contribution < -0.4 is 5.32 Å². The summed E-state index contributed by atoms with van der Waals surface area (Å²) in [5.74, 6) is 0. The molecule has 2 fully saturated rings. The van der Waals surface area contributed by atoms with Crippen LogP contribution in [0.15, 0.2) is 0 Å². The van der Waals surface area contributed by atoms with Gasteiger partial charge in [0.05, 0.1) is 13.2 Å². The summed E-state index contributed by atoms with van der Waals surface area (Å²) in [5, 5.41) is 3.49. The maximum atomic E-state index is 5.25. The monoisotopic (exact) mass is 141 g/mol. The minimum absolute atomic E-state index is 0.526. The molecule has 1 atom stereocenters. The predicted molar refractivity (Wildman–Crippen MR) is 40.0 cm³/mol. The smallest absolute Gasteiger partial charge is 0.0559 e. The van der Waals surface area contributed by atoms with Gasteiger partial charge in [0.15, 0.2) is 0 Å². The molecule has 2 heteroatoms. The van der Waals surface area contributed by atoms with Gasteiger partial charge in [0.2, 0.25) is 0 Å². The summed E-state index contributed by atoms with van der Waals surface area (Å²) in [4.78, 5) is 0. The van der Waals surface area contributed by atoms with Gasteiger partial charge in [-0.1, -0.05) is 0 Å². The fourth-order valence-electron chi connectivity index (χ4n) is 1.95. The summed E-state index contributed by atoms with van der Waals surface area (Å²) in [7, 11) is 0. The van der Waals surface area contributed by atoms with Crippen molar-refractivity contribution in [1.82, 2.24) is 5.32 Å². The van der Waals surface area contributed by atoms with E-state index in [2.05, 4.69) is 12.2 Å². The SMILES string of the molecule is CC1NCCCC12COC2. The molecule has 1 spiro atoms. The van der Waals surface area contributed by atoms with Crippen molar-refractivity contribution in [2.75, 3.05) is 19.8 Å². The van der Waals surface area contributed by atoms with E-state index in [9.17, 15) is 0 Å². The Balaban J connectivity index is 2.03. The van der Waals surface area contributed by atoms with Gasteiger partial charge in [-0.25, -0.2) is 0 Å². The van der Waals surface area contributed by atoms with Gasteiger partial charge >= 0.3 is 0 Å². The molecule has 0 amide bonds. The van der Waals surface area contributed by atoms with Crippen LogP contribution in [-0.4, -0.2) is 25.8 Å². The molecule has 2 heterocycles. The Morgan fingerprint density at radius 3 is 2.70 bits per heavy atom. The van der Waals surface area contributed by atoms with Crippen LogP contribution in [0, 0.1) is 5.41 Å². The summed E-state index contributed by atoms with van der Waals surface area (Å²) >= 11 is 0. The van der Waals surface area contributed by atoms with Crippen molar-refractivity contribution < 1.29 is 4.74 Å². The number of hydrogen-bond donors (Lipinski definition) is 1. The van der Waals surface area contributed by atoms with Crippen molar-refractivity contribution in [3.8, 4) is 0 Å². The van der Waals surface area contributed by atoms with Crippen molar-refractivity contribution in [2.45, 2.75) is 25.8 Å². The molecule has 0 aromatic carbocycles. The van der Waals surface area contributed by atoms with Gasteiger partial charge in [-0.15, -0.1) is 0 Å². The fourth-order valence-corrected chi connectivity index (χ4v) is 1.95. The first-order chi connectivity index (χ1) is 4.83. The zero-order valence-corrected chi connectivity index (χ0v) is 6.52. The van der Waals surface area contributed by atoms with E-state index in [1.807, 2.05) is 0 Å². The van der Waals surface area contributed by atoms with E-state index in [4.69, 9.17) is 4.74 Å². The minimum Gasteiger partial charge on any atom is -0.380 e. The molecule has 0 aromatic heterocycles. The summed E-state index contributed by atoms with van der Waals surface area (Å²) in [5.41, 5.74) is 0.526. The highest BCUT2D eigenvalue weighted by molar-refractivity contribution is 4.96. The molecule has 58 valence electrons. The van der Waals surface area contributed by atoms with E-state index < -0.39 is 0 Å². The Bertz CT molecular complexity index is 131. The fraction of sp³-hybridized carbons (Fsp3) is 1.00. The second kappa shape index (κ2) is 2.21. The number of rotatable bonds is 0. The van der Waals surface area contributed by atoms with E-state index in [1.54, 1.807) is 0 Å². The first-order valence-electron chi connectivity index (χ1n) is 4.15. The Morgan fingerprint density at radius 1 is 1.50 bits per heavy atom. The Morgan fingerprint density at radius 2 is 2.30 bits per heavy atom. The molecule has 0 bridgehead atoms. The summed E-state index contributed by atoms with van der Waals surface area (Å²) in [6.07, 6.45) is 2.69. The lowest BCUT2D eigenvalue weighted by molar-refractivity contribution is -0.142. The second-order valence-corrected chi connectivity index (χ2v) is 3.63. The quantitative estimate of drug-likeness (QED) is 0.538. The first-order valence-corrected chi connectivity index (χ1v) is 4.15. The number of ether oxygens (including phenoxy) is 1. The van der Waals surface area contributed by atoms with E-state index in [0.717, 1.165) is 13.2 Å². The van der Waals surface area contributed by atoms with Gasteiger partial charge in [0.25, 0.3) is 0 Å². The van der Waals surface area contributed by atoms with E-state index in [1.165, 1.54) is 19.4 Å². The normalized spacial score (nSPS) is 37.5. The number of piperidine rings is 1. The Hall–Kier alpha value is -0.0800. The van der Waals surface area contributed by atoms with Crippen molar-refractivity contribution in [3.05, 3.63) is 0 Å². The minimum atomic E-state index is 0.526. The van der Waals surface area contributed by atoms with Crippen LogP contribution in [0.25, 0.3) is 0 Å². The van der Waals surface area contributed by atoms with Crippen molar-refractivity contribution >= 4 is 0 Å². The molecule has 0 saturated carbocycles. The molecule has 1 unspecified atom stereocenters. The van der Waals surface area contributed by atoms with Crippen LogP contribution in [0.3, 0.4) is 0 Å². The lowest BCUT2D eigenvalue weighted by atomic mass is 9.73. The molecular weight excluding hydrogens is 126 g/mol. The third kappa shape index (κ3) is 0.789. The summed E-state index contributed by atoms with van der Waals surface area (Å²) in [6.45, 7) is 5.45. The number of hydrogen-bond acceptors (Lipinski definition) is 2. The molecule has 2 nitrogen and oxygen atoms in total. The molecule has 1 N–H and O–H groups in total. The highest BCUT2D eigenvalue weighted by atomic mass is 16.5. The average Bonchev–Trinajstić information content (AvgIpc) is 1.85. The average molecular weight is 141 g/mol. The van der Waals surface area contributed by atoms with Gasteiger partial charge in [-0.3, -0.25) is 0 Å². The number of nitrogens with one attached hydrogen (secondary N) is 1. The highest BCUT2D eigenvalue weighted by Crippen LogP contribution is 2.38. The van der Waals surface area contributed by atoms with Crippen LogP contribution in [0.5, 0.6) is 0 Å². The maximum absolute atomic E-state index is 5.25. The summed E-state index contributed by atoms with van der Waals surface area (Å²) in [6, 6.07) is 0.676. The third-order valence-corrected chi connectivity index (χ3v) is 3.00. The zero-order valence-electron chi connectivity index (χ0n) is 6.52. The van der Waals surface area contributed by atoms with Crippen molar-refractivity contribution in [2.24, 2.45) is 5.41 Å². The third-order valence-electron chi connectivity index (χ3n) is 3.00. The molecule has 2 saturated heterocycles. The zero-order chi connectivity index (χ0) is 7.03. The van der Waals surface area contributed by atoms with Crippen LogP contribution in [-0.2, 0) is 4.74 Å². The van der Waals surface area contributed by atoms with Gasteiger partial charge < -0.3 is 10.1 Å². The van der Waals surface area contributed by atoms with E-state index in [0.29, 0.717) is 11.5 Å². The van der Waals surface area contributed by atoms with Crippen molar-refractivity contribution in [3.63, 3.8) is 0 Å². The Labute approximate surface area is 61.9 Å². The second-order valence-electron chi connectivity index (χ2n) is 3.63. The highest BCUT2D eigenvalue weighted by Gasteiger charge is 2.44. The lowest BCUT2D eigenvalue weighted by Crippen LogP contribution is -2.58. The van der Waals surface area contributed by atoms with Crippen molar-refractivity contribution in [1.29, 1.82) is 0 Å². The molecule has 10 heavy (non-hydrogen) atoms. The van der Waals surface area contributed by atoms with Gasteiger partial charge in [-0.2, -0.15) is 0 Å². The lowest BCUT2D eigenvalue weighted by Gasteiger charge is -2.49. The molecular formula is C8H15NO. The standard InChI is InChI=1S/C8H15NO/c1-7-8(5-10-6-8)3-2-4-9-7/h7,9H,2-6H2,1H3. The predicted octanol–water partition coefficient (Wildman–Crippen LogP) is 0.775. The van der Waals surface area contributed by atoms with Crippen LogP contribution in [0.1, 0.15) is 19.8 Å². The molecule has 0 radical (unpaired) electrons. The van der Waals surface area contributed by atoms with E-state index in [-0.39, 0.29) is 0 Å². The summed E-state index contributed by atoms with van der Waals surface area (Å²) < 4.78 is 5.25. The molecule has 0 aromatic rings. The van der Waals surface area contributed by atoms with Gasteiger partial charge in [-0.05, 0) is 26.3 Å². The van der Waals surface area contributed by atoms with E-state index >= 15 is 0 Å². The largest absolute Gasteiger partial charge is 0.380 e. The Kier molecular flexibility index (Phi) is 1.46. The molecule has 2 aliphatic heterocycles. The molecule has 2 rings (SSSR count). The van der Waals surface area contributed by atoms with Crippen LogP contribution >= 0.6 is 0 Å². The topological polar surface area (TPSA) is 21.3 Å². The first kappa shape index (κ1) is 6.62. The molecule has 2 aliphatic rings. The van der Waals surface area contributed by atoms with Gasteiger partial charge in [0.1, 0.15) is 0 Å². The molecule has 0 aliphatic carbocycles.